The maximum atomic E-state index is 12.9. The fourth-order valence-electron chi connectivity index (χ4n) is 4.26. The molecule has 1 aromatic heterocycles. The van der Waals surface area contributed by atoms with E-state index >= 15 is 0 Å². The summed E-state index contributed by atoms with van der Waals surface area (Å²) in [5.41, 5.74) is 2.93. The van der Waals surface area contributed by atoms with Gasteiger partial charge in [0.25, 0.3) is 0 Å². The first-order valence-corrected chi connectivity index (χ1v) is 11.7. The van der Waals surface area contributed by atoms with E-state index in [0.29, 0.717) is 17.3 Å². The molecule has 0 spiro atoms. The van der Waals surface area contributed by atoms with Crippen LogP contribution in [0.4, 0.5) is 11.4 Å². The van der Waals surface area contributed by atoms with Crippen LogP contribution in [0, 0.1) is 0 Å². The monoisotopic (exact) mass is 447 g/mol. The number of likely N-dealkylation sites (tertiary alicyclic amines) is 1. The molecule has 1 saturated heterocycles. The molecule has 0 bridgehead atoms. The number of hydrogen-bond acceptors (Lipinski definition) is 6. The number of benzene rings is 2. The highest BCUT2D eigenvalue weighted by atomic mass is 32.2. The molecule has 2 aliphatic heterocycles. The lowest BCUT2D eigenvalue weighted by Crippen LogP contribution is -2.31. The fourth-order valence-corrected chi connectivity index (χ4v) is 5.19. The molecule has 2 aromatic carbocycles. The molecule has 7 nitrogen and oxygen atoms in total. The van der Waals surface area contributed by atoms with Crippen LogP contribution < -0.4 is 5.32 Å². The molecule has 164 valence electrons. The molecule has 0 atom stereocenters. The Morgan fingerprint density at radius 2 is 1.84 bits per heavy atom. The third kappa shape index (κ3) is 3.91. The standard InChI is InChI=1S/C24H25N5O2S/c1-16-22(32-20-12-6-4-10-18(20)25-16)23(30)27-26-21-17-9-3-5-11-19(17)29(24(21)31)15-28-13-7-2-8-14-28/h3-6,9-12,25,31H,2,7-8,13-15H2,1H3. The second-order valence-electron chi connectivity index (χ2n) is 8.12. The van der Waals surface area contributed by atoms with Crippen molar-refractivity contribution in [3.8, 4) is 5.88 Å². The first-order valence-electron chi connectivity index (χ1n) is 10.9. The number of fused-ring (bicyclic) bond motifs is 2. The molecular weight excluding hydrogens is 422 g/mol. The van der Waals surface area contributed by atoms with Crippen LogP contribution in [0.5, 0.6) is 5.88 Å². The van der Waals surface area contributed by atoms with Crippen molar-refractivity contribution in [1.82, 2.24) is 9.47 Å². The van der Waals surface area contributed by atoms with Crippen molar-refractivity contribution >= 4 is 39.9 Å². The lowest BCUT2D eigenvalue weighted by atomic mass is 10.1. The van der Waals surface area contributed by atoms with E-state index in [1.54, 1.807) is 0 Å². The fraction of sp³-hybridized carbons (Fsp3) is 0.292. The van der Waals surface area contributed by atoms with Crippen LogP contribution in [-0.2, 0) is 11.5 Å². The molecule has 8 heteroatoms. The second kappa shape index (κ2) is 8.80. The van der Waals surface area contributed by atoms with Gasteiger partial charge in [-0.2, -0.15) is 0 Å². The van der Waals surface area contributed by atoms with Gasteiger partial charge in [-0.25, -0.2) is 0 Å². The van der Waals surface area contributed by atoms with Gasteiger partial charge >= 0.3 is 5.91 Å². The topological polar surface area (TPSA) is 82.2 Å². The van der Waals surface area contributed by atoms with Gasteiger partial charge in [-0.3, -0.25) is 14.3 Å². The van der Waals surface area contributed by atoms with Crippen LogP contribution in [0.15, 0.2) is 74.3 Å². The number of azo groups is 1. The number of rotatable bonds is 4. The molecule has 0 saturated carbocycles. The summed E-state index contributed by atoms with van der Waals surface area (Å²) in [5.74, 6) is -0.388. The van der Waals surface area contributed by atoms with Gasteiger partial charge in [0, 0.05) is 16.0 Å². The molecule has 2 aliphatic rings. The molecule has 3 heterocycles. The number of nitrogens with zero attached hydrogens (tertiary/aromatic N) is 4. The summed E-state index contributed by atoms with van der Waals surface area (Å²) >= 11 is 1.38. The van der Waals surface area contributed by atoms with Gasteiger partial charge in [0.15, 0.2) is 5.69 Å². The summed E-state index contributed by atoms with van der Waals surface area (Å²) in [4.78, 5) is 16.7. The Labute approximate surface area is 190 Å². The Balaban J connectivity index is 1.44. The van der Waals surface area contributed by atoms with E-state index in [1.807, 2.05) is 60.0 Å². The molecule has 32 heavy (non-hydrogen) atoms. The first kappa shape index (κ1) is 20.8. The minimum absolute atomic E-state index is 0.0405. The van der Waals surface area contributed by atoms with Crippen molar-refractivity contribution in [2.24, 2.45) is 10.2 Å². The van der Waals surface area contributed by atoms with Crippen molar-refractivity contribution in [1.29, 1.82) is 0 Å². The van der Waals surface area contributed by atoms with Crippen molar-refractivity contribution in [2.45, 2.75) is 37.8 Å². The molecule has 2 N–H and O–H groups in total. The molecule has 1 fully saturated rings. The quantitative estimate of drug-likeness (QED) is 0.490. The highest BCUT2D eigenvalue weighted by molar-refractivity contribution is 8.04. The Kier molecular flexibility index (Phi) is 5.71. The molecular formula is C24H25N5O2S. The zero-order valence-corrected chi connectivity index (χ0v) is 18.7. The number of nitrogens with one attached hydrogen (secondary N) is 1. The number of thioether (sulfide) groups is 1. The van der Waals surface area contributed by atoms with Gasteiger partial charge in [-0.15, -0.1) is 10.2 Å². The van der Waals surface area contributed by atoms with Crippen molar-refractivity contribution < 1.29 is 9.90 Å². The predicted molar refractivity (Wildman–Crippen MR) is 127 cm³/mol. The lowest BCUT2D eigenvalue weighted by Gasteiger charge is -2.27. The van der Waals surface area contributed by atoms with Gasteiger partial charge in [-0.1, -0.05) is 48.5 Å². The minimum Gasteiger partial charge on any atom is -0.493 e. The third-order valence-electron chi connectivity index (χ3n) is 5.90. The van der Waals surface area contributed by atoms with Crippen LogP contribution in [0.2, 0.25) is 0 Å². The van der Waals surface area contributed by atoms with Crippen LogP contribution in [0.25, 0.3) is 10.9 Å². The summed E-state index contributed by atoms with van der Waals surface area (Å²) < 4.78 is 1.86. The van der Waals surface area contributed by atoms with Crippen LogP contribution in [0.1, 0.15) is 26.2 Å². The number of carbonyl (C=O) groups excluding carboxylic acids is 1. The van der Waals surface area contributed by atoms with Crippen molar-refractivity contribution in [3.63, 3.8) is 0 Å². The first-order chi connectivity index (χ1) is 15.6. The summed E-state index contributed by atoms with van der Waals surface area (Å²) in [5, 5.41) is 23.2. The number of piperidine rings is 1. The highest BCUT2D eigenvalue weighted by Gasteiger charge is 2.23. The number of amides is 1. The van der Waals surface area contributed by atoms with E-state index in [4.69, 9.17) is 0 Å². The van der Waals surface area contributed by atoms with Gasteiger partial charge in [0.05, 0.1) is 17.9 Å². The summed E-state index contributed by atoms with van der Waals surface area (Å²) in [6.07, 6.45) is 3.59. The average molecular weight is 448 g/mol. The zero-order chi connectivity index (χ0) is 22.1. The second-order valence-corrected chi connectivity index (χ2v) is 9.17. The van der Waals surface area contributed by atoms with Crippen LogP contribution in [0.3, 0.4) is 0 Å². The predicted octanol–water partition coefficient (Wildman–Crippen LogP) is 5.85. The molecule has 0 radical (unpaired) electrons. The Morgan fingerprint density at radius 1 is 1.09 bits per heavy atom. The maximum Gasteiger partial charge on any atom is 0.303 e. The summed E-state index contributed by atoms with van der Waals surface area (Å²) in [6.45, 7) is 4.48. The van der Waals surface area contributed by atoms with Gasteiger partial charge in [0.1, 0.15) is 4.91 Å². The SMILES string of the molecule is CC1=C(C(=O)N=Nc2c(O)n(CN3CCCCC3)c3ccccc23)Sc2ccccc2N1. The van der Waals surface area contributed by atoms with E-state index in [2.05, 4.69) is 20.4 Å². The van der Waals surface area contributed by atoms with Crippen LogP contribution in [-0.4, -0.2) is 33.6 Å². The number of hydrogen-bond donors (Lipinski definition) is 2. The van der Waals surface area contributed by atoms with E-state index in [-0.39, 0.29) is 5.88 Å². The number of carbonyl (C=O) groups is 1. The molecule has 5 rings (SSSR count). The Morgan fingerprint density at radius 3 is 2.69 bits per heavy atom. The van der Waals surface area contributed by atoms with E-state index in [1.165, 1.54) is 31.0 Å². The largest absolute Gasteiger partial charge is 0.493 e. The maximum absolute atomic E-state index is 12.9. The van der Waals surface area contributed by atoms with E-state index in [9.17, 15) is 9.90 Å². The smallest absolute Gasteiger partial charge is 0.303 e. The van der Waals surface area contributed by atoms with E-state index in [0.717, 1.165) is 40.3 Å². The van der Waals surface area contributed by atoms with E-state index < -0.39 is 5.91 Å². The number of aromatic hydroxyl groups is 1. The van der Waals surface area contributed by atoms with Gasteiger partial charge in [-0.05, 0) is 51.1 Å². The summed E-state index contributed by atoms with van der Waals surface area (Å²) in [6, 6.07) is 15.5. The number of aromatic nitrogens is 1. The van der Waals surface area contributed by atoms with Crippen molar-refractivity contribution in [3.05, 3.63) is 59.1 Å². The Hall–Kier alpha value is -3.10. The van der Waals surface area contributed by atoms with Crippen LogP contribution >= 0.6 is 11.8 Å². The highest BCUT2D eigenvalue weighted by Crippen LogP contribution is 2.42. The molecule has 0 unspecified atom stereocenters. The molecule has 3 aromatic rings. The average Bonchev–Trinajstić information content (AvgIpc) is 3.08. The lowest BCUT2D eigenvalue weighted by molar-refractivity contribution is -0.114. The number of para-hydroxylation sites is 2. The molecule has 1 amide bonds. The summed E-state index contributed by atoms with van der Waals surface area (Å²) in [7, 11) is 0. The van der Waals surface area contributed by atoms with Gasteiger partial charge < -0.3 is 10.4 Å². The Bertz CT molecular complexity index is 1240. The van der Waals surface area contributed by atoms with Crippen molar-refractivity contribution in [2.75, 3.05) is 18.4 Å². The van der Waals surface area contributed by atoms with Gasteiger partial charge in [0.2, 0.25) is 5.88 Å². The molecule has 0 aliphatic carbocycles. The zero-order valence-electron chi connectivity index (χ0n) is 17.9. The number of allylic oxidation sites excluding steroid dienone is 1. The minimum atomic E-state index is -0.429. The third-order valence-corrected chi connectivity index (χ3v) is 7.17. The normalized spacial score (nSPS) is 17.0. The number of anilines is 1.